The van der Waals surface area contributed by atoms with Gasteiger partial charge in [0.1, 0.15) is 5.82 Å². The molecule has 0 saturated carbocycles. The largest absolute Gasteiger partial charge is 0.378 e. The highest BCUT2D eigenvalue weighted by molar-refractivity contribution is 4.91. The fraction of sp³-hybridized carbons (Fsp3) is 0.769. The summed E-state index contributed by atoms with van der Waals surface area (Å²) in [5, 5.41) is 3.51. The summed E-state index contributed by atoms with van der Waals surface area (Å²) in [5.74, 6) is 1.80. The van der Waals surface area contributed by atoms with E-state index in [1.54, 1.807) is 0 Å². The van der Waals surface area contributed by atoms with Crippen LogP contribution < -0.4 is 5.32 Å². The minimum absolute atomic E-state index is 0.452. The number of nitrogens with zero attached hydrogens (tertiary/aromatic N) is 2. The number of nitrogens with one attached hydrogen (secondary N) is 1. The maximum atomic E-state index is 5.69. The van der Waals surface area contributed by atoms with Crippen LogP contribution in [-0.2, 0) is 17.8 Å². The molecule has 4 heteroatoms. The molecule has 0 aromatic carbocycles. The van der Waals surface area contributed by atoms with Crippen LogP contribution in [0.1, 0.15) is 32.5 Å². The second kappa shape index (κ2) is 6.17. The second-order valence-corrected chi connectivity index (χ2v) is 4.63. The van der Waals surface area contributed by atoms with Crippen LogP contribution in [0.5, 0.6) is 0 Å². The molecular formula is C13H23N3O. The zero-order chi connectivity index (χ0) is 12.1. The van der Waals surface area contributed by atoms with Crippen LogP contribution in [0, 0.1) is 5.92 Å². The zero-order valence-corrected chi connectivity index (χ0v) is 10.9. The number of hydrogen-bond acceptors (Lipinski definition) is 3. The van der Waals surface area contributed by atoms with Crippen molar-refractivity contribution >= 4 is 0 Å². The van der Waals surface area contributed by atoms with E-state index in [1.165, 1.54) is 6.42 Å². The smallest absolute Gasteiger partial charge is 0.122 e. The Morgan fingerprint density at radius 1 is 1.53 bits per heavy atom. The van der Waals surface area contributed by atoms with E-state index in [9.17, 15) is 0 Å². The van der Waals surface area contributed by atoms with Crippen molar-refractivity contribution in [3.63, 3.8) is 0 Å². The molecule has 1 aliphatic rings. The minimum atomic E-state index is 0.452. The molecule has 1 aromatic heterocycles. The highest BCUT2D eigenvalue weighted by Gasteiger charge is 2.25. The molecule has 1 aromatic rings. The van der Waals surface area contributed by atoms with Crippen LogP contribution in [-0.4, -0.2) is 28.8 Å². The van der Waals surface area contributed by atoms with Gasteiger partial charge < -0.3 is 14.6 Å². The summed E-state index contributed by atoms with van der Waals surface area (Å²) in [7, 11) is 0. The van der Waals surface area contributed by atoms with Crippen LogP contribution >= 0.6 is 0 Å². The van der Waals surface area contributed by atoms with Gasteiger partial charge in [0.15, 0.2) is 0 Å². The summed E-state index contributed by atoms with van der Waals surface area (Å²) in [4.78, 5) is 4.36. The number of rotatable bonds is 6. The van der Waals surface area contributed by atoms with Crippen LogP contribution in [0.3, 0.4) is 0 Å². The third-order valence-corrected chi connectivity index (χ3v) is 3.58. The van der Waals surface area contributed by atoms with E-state index in [2.05, 4.69) is 28.7 Å². The van der Waals surface area contributed by atoms with Crippen LogP contribution in [0.2, 0.25) is 0 Å². The first kappa shape index (κ1) is 12.6. The normalized spacial score (nSPS) is 24.4. The van der Waals surface area contributed by atoms with E-state index in [0.29, 0.717) is 12.0 Å². The molecule has 4 nitrogen and oxygen atoms in total. The van der Waals surface area contributed by atoms with Crippen molar-refractivity contribution in [2.45, 2.75) is 45.9 Å². The maximum absolute atomic E-state index is 5.69. The van der Waals surface area contributed by atoms with E-state index in [-0.39, 0.29) is 0 Å². The molecular weight excluding hydrogens is 214 g/mol. The maximum Gasteiger partial charge on any atom is 0.122 e. The highest BCUT2D eigenvalue weighted by atomic mass is 16.5. The van der Waals surface area contributed by atoms with Crippen molar-refractivity contribution in [3.8, 4) is 0 Å². The van der Waals surface area contributed by atoms with Crippen LogP contribution in [0.15, 0.2) is 12.4 Å². The Morgan fingerprint density at radius 2 is 2.41 bits per heavy atom. The molecule has 1 aliphatic heterocycles. The van der Waals surface area contributed by atoms with Gasteiger partial charge in [0, 0.05) is 32.1 Å². The molecule has 0 aliphatic carbocycles. The SMILES string of the molecule is CCC1OCCC1CNCc1nccn1CC. The highest BCUT2D eigenvalue weighted by Crippen LogP contribution is 2.22. The van der Waals surface area contributed by atoms with E-state index >= 15 is 0 Å². The molecule has 2 heterocycles. The molecule has 1 fully saturated rings. The Labute approximate surface area is 103 Å². The van der Waals surface area contributed by atoms with Gasteiger partial charge in [-0.05, 0) is 25.7 Å². The molecule has 0 radical (unpaired) electrons. The van der Waals surface area contributed by atoms with Gasteiger partial charge in [-0.25, -0.2) is 4.98 Å². The molecule has 1 saturated heterocycles. The Balaban J connectivity index is 1.76. The fourth-order valence-electron chi connectivity index (χ4n) is 2.54. The second-order valence-electron chi connectivity index (χ2n) is 4.63. The van der Waals surface area contributed by atoms with Gasteiger partial charge >= 0.3 is 0 Å². The summed E-state index contributed by atoms with van der Waals surface area (Å²) in [6.45, 7) is 8.15. The zero-order valence-electron chi connectivity index (χ0n) is 10.9. The standard InChI is InChI=1S/C13H23N3O/c1-3-12-11(5-8-17-12)9-14-10-13-15-6-7-16(13)4-2/h6-7,11-12,14H,3-5,8-10H2,1-2H3. The Bertz CT molecular complexity index is 337. The van der Waals surface area contributed by atoms with Crippen molar-refractivity contribution in [1.29, 1.82) is 0 Å². The number of aromatic nitrogens is 2. The Morgan fingerprint density at radius 3 is 3.18 bits per heavy atom. The van der Waals surface area contributed by atoms with Crippen molar-refractivity contribution in [1.82, 2.24) is 14.9 Å². The van der Waals surface area contributed by atoms with E-state index in [4.69, 9.17) is 4.74 Å². The van der Waals surface area contributed by atoms with Crippen molar-refractivity contribution in [2.75, 3.05) is 13.2 Å². The first-order valence-electron chi connectivity index (χ1n) is 6.67. The lowest BCUT2D eigenvalue weighted by molar-refractivity contribution is 0.0871. The van der Waals surface area contributed by atoms with Crippen LogP contribution in [0.25, 0.3) is 0 Å². The predicted molar refractivity (Wildman–Crippen MR) is 67.7 cm³/mol. The lowest BCUT2D eigenvalue weighted by Gasteiger charge is -2.17. The molecule has 2 unspecified atom stereocenters. The van der Waals surface area contributed by atoms with Crippen LogP contribution in [0.4, 0.5) is 0 Å². The minimum Gasteiger partial charge on any atom is -0.378 e. The summed E-state index contributed by atoms with van der Waals surface area (Å²) in [6.07, 6.45) is 6.66. The molecule has 2 rings (SSSR count). The van der Waals surface area contributed by atoms with Gasteiger partial charge in [0.05, 0.1) is 12.6 Å². The summed E-state index contributed by atoms with van der Waals surface area (Å²) < 4.78 is 7.86. The third kappa shape index (κ3) is 3.07. The van der Waals surface area contributed by atoms with Gasteiger partial charge in [-0.1, -0.05) is 6.92 Å². The summed E-state index contributed by atoms with van der Waals surface area (Å²) in [6, 6.07) is 0. The molecule has 17 heavy (non-hydrogen) atoms. The topological polar surface area (TPSA) is 39.1 Å². The third-order valence-electron chi connectivity index (χ3n) is 3.58. The van der Waals surface area contributed by atoms with Crippen molar-refractivity contribution in [3.05, 3.63) is 18.2 Å². The summed E-state index contributed by atoms with van der Waals surface area (Å²) >= 11 is 0. The Kier molecular flexibility index (Phi) is 4.57. The number of ether oxygens (including phenoxy) is 1. The van der Waals surface area contributed by atoms with Gasteiger partial charge in [0.2, 0.25) is 0 Å². The van der Waals surface area contributed by atoms with Crippen molar-refractivity contribution in [2.24, 2.45) is 5.92 Å². The van der Waals surface area contributed by atoms with Gasteiger partial charge in [-0.3, -0.25) is 0 Å². The van der Waals surface area contributed by atoms with Gasteiger partial charge in [-0.15, -0.1) is 0 Å². The number of aryl methyl sites for hydroxylation is 1. The van der Waals surface area contributed by atoms with E-state index in [1.807, 2.05) is 12.4 Å². The monoisotopic (exact) mass is 237 g/mol. The lowest BCUT2D eigenvalue weighted by Crippen LogP contribution is -2.28. The number of imidazole rings is 1. The molecule has 0 amide bonds. The Hall–Kier alpha value is -0.870. The van der Waals surface area contributed by atoms with E-state index < -0.39 is 0 Å². The van der Waals surface area contributed by atoms with Gasteiger partial charge in [-0.2, -0.15) is 0 Å². The predicted octanol–water partition coefficient (Wildman–Crippen LogP) is 1.81. The molecule has 2 atom stereocenters. The summed E-state index contributed by atoms with van der Waals surface area (Å²) in [5.41, 5.74) is 0. The average molecular weight is 237 g/mol. The molecule has 96 valence electrons. The quantitative estimate of drug-likeness (QED) is 0.820. The van der Waals surface area contributed by atoms with E-state index in [0.717, 1.165) is 38.5 Å². The average Bonchev–Trinajstić information content (AvgIpc) is 2.97. The lowest BCUT2D eigenvalue weighted by atomic mass is 10.00. The first-order valence-corrected chi connectivity index (χ1v) is 6.67. The molecule has 0 bridgehead atoms. The van der Waals surface area contributed by atoms with Gasteiger partial charge in [0.25, 0.3) is 0 Å². The van der Waals surface area contributed by atoms with Crippen molar-refractivity contribution < 1.29 is 4.74 Å². The molecule has 0 spiro atoms. The first-order chi connectivity index (χ1) is 8.35. The fourth-order valence-corrected chi connectivity index (χ4v) is 2.54. The molecule has 1 N–H and O–H groups in total. The number of hydrogen-bond donors (Lipinski definition) is 1.